The number of hydrogen-bond donors (Lipinski definition) is 3. The average Bonchev–Trinajstić information content (AvgIpc) is 2.26. The molecule has 0 bridgehead atoms. The van der Waals surface area contributed by atoms with E-state index in [2.05, 4.69) is 10.0 Å². The molecule has 0 fully saturated rings. The molecular weight excluding hydrogens is 276 g/mol. The molecule has 0 aliphatic heterocycles. The third kappa shape index (κ3) is 5.48. The largest absolute Gasteiger partial charge is 0.508 e. The van der Waals surface area contributed by atoms with Crippen LogP contribution in [0.2, 0.25) is 0 Å². The fourth-order valence-corrected chi connectivity index (χ4v) is 3.15. The molecule has 0 spiro atoms. The van der Waals surface area contributed by atoms with Crippen molar-refractivity contribution in [2.45, 2.75) is 39.3 Å². The Morgan fingerprint density at radius 2 is 1.95 bits per heavy atom. The SMILES string of the molecule is Cc1ccc(O)c(C(C)NCC(C)(C)NS(C)(=O)=O)c1. The molecule has 1 rings (SSSR count). The quantitative estimate of drug-likeness (QED) is 0.747. The van der Waals surface area contributed by atoms with Gasteiger partial charge in [0.2, 0.25) is 10.0 Å². The Morgan fingerprint density at radius 1 is 1.35 bits per heavy atom. The normalized spacial score (nSPS) is 14.2. The van der Waals surface area contributed by atoms with Crippen molar-refractivity contribution >= 4 is 10.0 Å². The predicted octanol–water partition coefficient (Wildman–Crippen LogP) is 1.68. The highest BCUT2D eigenvalue weighted by atomic mass is 32.2. The maximum absolute atomic E-state index is 11.3. The van der Waals surface area contributed by atoms with Gasteiger partial charge in [0, 0.05) is 23.7 Å². The zero-order valence-electron chi connectivity index (χ0n) is 12.7. The fourth-order valence-electron chi connectivity index (χ4n) is 2.08. The van der Waals surface area contributed by atoms with Crippen LogP contribution in [0.3, 0.4) is 0 Å². The predicted molar refractivity (Wildman–Crippen MR) is 81.3 cm³/mol. The van der Waals surface area contributed by atoms with Gasteiger partial charge in [0.1, 0.15) is 5.75 Å². The van der Waals surface area contributed by atoms with Crippen molar-refractivity contribution in [3.05, 3.63) is 29.3 Å². The van der Waals surface area contributed by atoms with E-state index in [9.17, 15) is 13.5 Å². The van der Waals surface area contributed by atoms with Gasteiger partial charge >= 0.3 is 0 Å². The van der Waals surface area contributed by atoms with Gasteiger partial charge in [0.25, 0.3) is 0 Å². The van der Waals surface area contributed by atoms with E-state index in [4.69, 9.17) is 0 Å². The van der Waals surface area contributed by atoms with Gasteiger partial charge < -0.3 is 10.4 Å². The van der Waals surface area contributed by atoms with Gasteiger partial charge in [-0.15, -0.1) is 0 Å². The molecule has 0 amide bonds. The van der Waals surface area contributed by atoms with Crippen LogP contribution in [-0.4, -0.2) is 31.9 Å². The van der Waals surface area contributed by atoms with Gasteiger partial charge in [-0.2, -0.15) is 0 Å². The van der Waals surface area contributed by atoms with E-state index in [1.807, 2.05) is 39.8 Å². The lowest BCUT2D eigenvalue weighted by Crippen LogP contribution is -2.50. The third-order valence-corrected chi connectivity index (χ3v) is 3.88. The van der Waals surface area contributed by atoms with Crippen LogP contribution in [0.4, 0.5) is 0 Å². The Bertz CT molecular complexity index is 568. The molecule has 1 atom stereocenters. The highest BCUT2D eigenvalue weighted by Crippen LogP contribution is 2.25. The van der Waals surface area contributed by atoms with Crippen LogP contribution in [0.5, 0.6) is 5.75 Å². The summed E-state index contributed by atoms with van der Waals surface area (Å²) in [5, 5.41) is 13.1. The monoisotopic (exact) mass is 300 g/mol. The number of phenols is 1. The van der Waals surface area contributed by atoms with E-state index in [0.717, 1.165) is 17.4 Å². The molecular formula is C14H24N2O3S. The van der Waals surface area contributed by atoms with Crippen molar-refractivity contribution in [3.8, 4) is 5.75 Å². The van der Waals surface area contributed by atoms with Gasteiger partial charge in [-0.3, -0.25) is 0 Å². The summed E-state index contributed by atoms with van der Waals surface area (Å²) in [6.45, 7) is 7.97. The van der Waals surface area contributed by atoms with E-state index in [1.54, 1.807) is 6.07 Å². The number of aryl methyl sites for hydroxylation is 1. The van der Waals surface area contributed by atoms with E-state index >= 15 is 0 Å². The summed E-state index contributed by atoms with van der Waals surface area (Å²) < 4.78 is 25.1. The third-order valence-electron chi connectivity index (χ3n) is 2.96. The summed E-state index contributed by atoms with van der Waals surface area (Å²) in [6, 6.07) is 5.36. The number of phenolic OH excluding ortho intramolecular Hbond substituents is 1. The van der Waals surface area contributed by atoms with Crippen LogP contribution < -0.4 is 10.0 Å². The first kappa shape index (κ1) is 16.9. The molecule has 3 N–H and O–H groups in total. The van der Waals surface area contributed by atoms with Crippen molar-refractivity contribution in [1.82, 2.24) is 10.0 Å². The maximum atomic E-state index is 11.3. The summed E-state index contributed by atoms with van der Waals surface area (Å²) >= 11 is 0. The van der Waals surface area contributed by atoms with Crippen molar-refractivity contribution < 1.29 is 13.5 Å². The first-order valence-corrected chi connectivity index (χ1v) is 8.41. The van der Waals surface area contributed by atoms with Crippen LogP contribution in [0.1, 0.15) is 37.9 Å². The first-order valence-electron chi connectivity index (χ1n) is 6.52. The Kier molecular flexibility index (Phi) is 5.18. The average molecular weight is 300 g/mol. The Morgan fingerprint density at radius 3 is 2.50 bits per heavy atom. The lowest BCUT2D eigenvalue weighted by Gasteiger charge is -2.28. The molecule has 0 aromatic heterocycles. The molecule has 1 aromatic rings. The second kappa shape index (κ2) is 6.11. The molecule has 0 saturated carbocycles. The smallest absolute Gasteiger partial charge is 0.209 e. The topological polar surface area (TPSA) is 78.4 Å². The molecule has 0 aliphatic carbocycles. The van der Waals surface area contributed by atoms with E-state index < -0.39 is 15.6 Å². The molecule has 114 valence electrons. The molecule has 0 aliphatic rings. The van der Waals surface area contributed by atoms with Crippen LogP contribution in [0.25, 0.3) is 0 Å². The van der Waals surface area contributed by atoms with Gasteiger partial charge in [-0.05, 0) is 33.8 Å². The minimum absolute atomic E-state index is 0.0736. The highest BCUT2D eigenvalue weighted by molar-refractivity contribution is 7.88. The zero-order chi connectivity index (χ0) is 15.6. The molecule has 5 nitrogen and oxygen atoms in total. The Hall–Kier alpha value is -1.11. The molecule has 1 aromatic carbocycles. The fraction of sp³-hybridized carbons (Fsp3) is 0.571. The minimum atomic E-state index is -3.25. The first-order chi connectivity index (χ1) is 9.00. The van der Waals surface area contributed by atoms with Gasteiger partial charge in [0.15, 0.2) is 0 Å². The van der Waals surface area contributed by atoms with E-state index in [0.29, 0.717) is 6.54 Å². The van der Waals surface area contributed by atoms with Crippen molar-refractivity contribution in [2.24, 2.45) is 0 Å². The van der Waals surface area contributed by atoms with Crippen LogP contribution in [0.15, 0.2) is 18.2 Å². The lowest BCUT2D eigenvalue weighted by atomic mass is 10.0. The van der Waals surface area contributed by atoms with Crippen LogP contribution in [0, 0.1) is 6.92 Å². The minimum Gasteiger partial charge on any atom is -0.508 e. The standard InChI is InChI=1S/C14H24N2O3S/c1-10-6-7-13(17)12(8-10)11(2)15-9-14(3,4)16-20(5,18)19/h6-8,11,15-17H,9H2,1-5H3. The molecule has 20 heavy (non-hydrogen) atoms. The summed E-state index contributed by atoms with van der Waals surface area (Å²) in [4.78, 5) is 0. The second-order valence-corrected chi connectivity index (χ2v) is 7.67. The molecule has 1 unspecified atom stereocenters. The Labute approximate surface area is 121 Å². The summed E-state index contributed by atoms with van der Waals surface area (Å²) in [7, 11) is -3.25. The number of sulfonamides is 1. The van der Waals surface area contributed by atoms with Crippen LogP contribution in [-0.2, 0) is 10.0 Å². The molecule has 0 saturated heterocycles. The number of rotatable bonds is 6. The van der Waals surface area contributed by atoms with E-state index in [1.165, 1.54) is 0 Å². The lowest BCUT2D eigenvalue weighted by molar-refractivity contribution is 0.391. The summed E-state index contributed by atoms with van der Waals surface area (Å²) in [5.74, 6) is 0.240. The summed E-state index contributed by atoms with van der Waals surface area (Å²) in [6.07, 6.45) is 1.14. The van der Waals surface area contributed by atoms with Crippen molar-refractivity contribution in [2.75, 3.05) is 12.8 Å². The number of hydrogen-bond acceptors (Lipinski definition) is 4. The number of benzene rings is 1. The van der Waals surface area contributed by atoms with Crippen molar-refractivity contribution in [1.29, 1.82) is 0 Å². The number of nitrogens with one attached hydrogen (secondary N) is 2. The number of aromatic hydroxyl groups is 1. The molecule has 0 radical (unpaired) electrons. The van der Waals surface area contributed by atoms with Crippen LogP contribution >= 0.6 is 0 Å². The van der Waals surface area contributed by atoms with Gasteiger partial charge in [-0.25, -0.2) is 13.1 Å². The maximum Gasteiger partial charge on any atom is 0.209 e. The Balaban J connectivity index is 2.72. The van der Waals surface area contributed by atoms with Crippen molar-refractivity contribution in [3.63, 3.8) is 0 Å². The zero-order valence-corrected chi connectivity index (χ0v) is 13.5. The molecule has 0 heterocycles. The van der Waals surface area contributed by atoms with Gasteiger partial charge in [0.05, 0.1) is 6.26 Å². The second-order valence-electron chi connectivity index (χ2n) is 5.92. The summed E-state index contributed by atoms with van der Waals surface area (Å²) in [5.41, 5.74) is 1.28. The highest BCUT2D eigenvalue weighted by Gasteiger charge is 2.23. The van der Waals surface area contributed by atoms with Gasteiger partial charge in [-0.1, -0.05) is 17.7 Å². The molecule has 6 heteroatoms. The van der Waals surface area contributed by atoms with E-state index in [-0.39, 0.29) is 11.8 Å².